The van der Waals surface area contributed by atoms with Crippen LogP contribution in [0.25, 0.3) is 0 Å². The SMILES string of the molecule is C[C@H]1C=CC2=CCC[C@H](O)[C@@H]2[C@@H]1CC[C@H](O)C[C@H](O)CC(=O)O. The van der Waals surface area contributed by atoms with Crippen LogP contribution in [0.4, 0.5) is 0 Å². The summed E-state index contributed by atoms with van der Waals surface area (Å²) in [6, 6.07) is 0. The Morgan fingerprint density at radius 3 is 2.78 bits per heavy atom. The second-order valence-corrected chi connectivity index (χ2v) is 6.98. The highest BCUT2D eigenvalue weighted by Gasteiger charge is 2.37. The van der Waals surface area contributed by atoms with Gasteiger partial charge in [-0.25, -0.2) is 0 Å². The van der Waals surface area contributed by atoms with Crippen molar-refractivity contribution in [3.8, 4) is 0 Å². The molecule has 0 fully saturated rings. The highest BCUT2D eigenvalue weighted by atomic mass is 16.4. The second-order valence-electron chi connectivity index (χ2n) is 6.98. The van der Waals surface area contributed by atoms with Gasteiger partial charge in [-0.2, -0.15) is 0 Å². The summed E-state index contributed by atoms with van der Waals surface area (Å²) in [5.41, 5.74) is 1.20. The summed E-state index contributed by atoms with van der Waals surface area (Å²) in [4.78, 5) is 10.5. The molecule has 5 nitrogen and oxygen atoms in total. The van der Waals surface area contributed by atoms with Crippen molar-refractivity contribution in [2.24, 2.45) is 17.8 Å². The molecule has 0 bridgehead atoms. The normalized spacial score (nSPS) is 32.8. The number of aliphatic carboxylic acids is 1. The third-order valence-electron chi connectivity index (χ3n) is 5.16. The van der Waals surface area contributed by atoms with Gasteiger partial charge in [0.25, 0.3) is 0 Å². The number of carboxylic acids is 1. The summed E-state index contributed by atoms with van der Waals surface area (Å²) < 4.78 is 0. The standard InChI is InChI=1S/C18H28O5/c1-11-5-6-12-3-2-4-16(21)18(12)15(11)8-7-13(19)9-14(20)10-17(22)23/h3,5-6,11,13-16,18-21H,2,4,7-10H2,1H3,(H,22,23)/t11-,13-,14-,15+,16-,18-/m0/s1. The Bertz CT molecular complexity index is 470. The molecule has 4 N–H and O–H groups in total. The van der Waals surface area contributed by atoms with E-state index in [1.54, 1.807) is 0 Å². The molecule has 0 aromatic heterocycles. The highest BCUT2D eigenvalue weighted by Crippen LogP contribution is 2.42. The number of carboxylic acid groups (broad SMARTS) is 1. The molecule has 0 heterocycles. The zero-order valence-corrected chi connectivity index (χ0v) is 13.6. The van der Waals surface area contributed by atoms with Crippen molar-refractivity contribution in [1.82, 2.24) is 0 Å². The Kier molecular flexibility index (Phi) is 6.39. The van der Waals surface area contributed by atoms with Crippen molar-refractivity contribution in [1.29, 1.82) is 0 Å². The maximum atomic E-state index is 10.5. The number of allylic oxidation sites excluding steroid dienone is 3. The summed E-state index contributed by atoms with van der Waals surface area (Å²) in [5.74, 6) is -0.329. The van der Waals surface area contributed by atoms with Crippen LogP contribution in [0.1, 0.15) is 45.4 Å². The largest absolute Gasteiger partial charge is 0.481 e. The Morgan fingerprint density at radius 2 is 2.09 bits per heavy atom. The van der Waals surface area contributed by atoms with Gasteiger partial charge in [-0.05, 0) is 49.5 Å². The first-order valence-electron chi connectivity index (χ1n) is 8.52. The lowest BCUT2D eigenvalue weighted by Crippen LogP contribution is -2.37. The van der Waals surface area contributed by atoms with E-state index in [2.05, 4.69) is 25.2 Å². The molecule has 23 heavy (non-hydrogen) atoms. The van der Waals surface area contributed by atoms with Gasteiger partial charge in [0.2, 0.25) is 0 Å². The van der Waals surface area contributed by atoms with Gasteiger partial charge in [0, 0.05) is 5.92 Å². The van der Waals surface area contributed by atoms with Crippen LogP contribution in [0.3, 0.4) is 0 Å². The van der Waals surface area contributed by atoms with Crippen LogP contribution in [-0.2, 0) is 4.79 Å². The molecule has 0 aromatic carbocycles. The number of rotatable bonds is 7. The van der Waals surface area contributed by atoms with E-state index in [4.69, 9.17) is 5.11 Å². The summed E-state index contributed by atoms with van der Waals surface area (Å²) >= 11 is 0. The van der Waals surface area contributed by atoms with Gasteiger partial charge >= 0.3 is 5.97 Å². The Hall–Kier alpha value is -1.17. The van der Waals surface area contributed by atoms with E-state index in [-0.39, 0.29) is 30.8 Å². The van der Waals surface area contributed by atoms with E-state index in [9.17, 15) is 20.1 Å². The second kappa shape index (κ2) is 8.08. The van der Waals surface area contributed by atoms with Crippen LogP contribution in [-0.4, -0.2) is 44.7 Å². The maximum Gasteiger partial charge on any atom is 0.305 e. The van der Waals surface area contributed by atoms with Gasteiger partial charge < -0.3 is 20.4 Å². The molecule has 0 saturated heterocycles. The molecule has 0 unspecified atom stereocenters. The molecule has 2 rings (SSSR count). The zero-order chi connectivity index (χ0) is 17.0. The van der Waals surface area contributed by atoms with Gasteiger partial charge in [0.05, 0.1) is 24.7 Å². The van der Waals surface area contributed by atoms with Crippen LogP contribution in [0.5, 0.6) is 0 Å². The minimum Gasteiger partial charge on any atom is -0.481 e. The van der Waals surface area contributed by atoms with E-state index >= 15 is 0 Å². The molecule has 0 aliphatic heterocycles. The molecule has 5 heteroatoms. The third-order valence-corrected chi connectivity index (χ3v) is 5.16. The van der Waals surface area contributed by atoms with Crippen molar-refractivity contribution < 1.29 is 25.2 Å². The van der Waals surface area contributed by atoms with Gasteiger partial charge in [0.1, 0.15) is 0 Å². The lowest BCUT2D eigenvalue weighted by atomic mass is 9.66. The van der Waals surface area contributed by atoms with Crippen LogP contribution in [0.2, 0.25) is 0 Å². The van der Waals surface area contributed by atoms with Crippen molar-refractivity contribution in [2.45, 2.75) is 63.8 Å². The monoisotopic (exact) mass is 324 g/mol. The Balaban J connectivity index is 1.90. The molecule has 2 aliphatic carbocycles. The van der Waals surface area contributed by atoms with E-state index in [0.717, 1.165) is 19.3 Å². The number of carbonyl (C=O) groups is 1. The first kappa shape index (κ1) is 18.2. The van der Waals surface area contributed by atoms with Crippen molar-refractivity contribution in [2.75, 3.05) is 0 Å². The lowest BCUT2D eigenvalue weighted by Gasteiger charge is -2.40. The number of fused-ring (bicyclic) bond motifs is 1. The minimum absolute atomic E-state index is 0.0825. The van der Waals surface area contributed by atoms with Gasteiger partial charge in [0.15, 0.2) is 0 Å². The third kappa shape index (κ3) is 4.90. The number of aliphatic hydroxyl groups excluding tert-OH is 3. The van der Waals surface area contributed by atoms with E-state index < -0.39 is 18.2 Å². The fourth-order valence-corrected chi connectivity index (χ4v) is 3.95. The fraction of sp³-hybridized carbons (Fsp3) is 0.722. The molecular weight excluding hydrogens is 296 g/mol. The number of hydrogen-bond acceptors (Lipinski definition) is 4. The van der Waals surface area contributed by atoms with Crippen LogP contribution < -0.4 is 0 Å². The molecule has 0 spiro atoms. The van der Waals surface area contributed by atoms with Crippen LogP contribution in [0.15, 0.2) is 23.8 Å². The van der Waals surface area contributed by atoms with Crippen LogP contribution in [0, 0.1) is 17.8 Å². The molecule has 0 aromatic rings. The molecule has 130 valence electrons. The van der Waals surface area contributed by atoms with Gasteiger partial charge in [-0.1, -0.05) is 25.2 Å². The predicted molar refractivity (Wildman–Crippen MR) is 86.7 cm³/mol. The smallest absolute Gasteiger partial charge is 0.305 e. The van der Waals surface area contributed by atoms with E-state index in [1.807, 2.05) is 0 Å². The lowest BCUT2D eigenvalue weighted by molar-refractivity contribution is -0.139. The van der Waals surface area contributed by atoms with Crippen molar-refractivity contribution in [3.63, 3.8) is 0 Å². The first-order chi connectivity index (χ1) is 10.9. The molecular formula is C18H28O5. The molecule has 0 radical (unpaired) electrons. The summed E-state index contributed by atoms with van der Waals surface area (Å²) in [6.45, 7) is 2.13. The summed E-state index contributed by atoms with van der Waals surface area (Å²) in [7, 11) is 0. The summed E-state index contributed by atoms with van der Waals surface area (Å²) in [6.07, 6.45) is 7.11. The minimum atomic E-state index is -1.06. The van der Waals surface area contributed by atoms with Crippen LogP contribution >= 0.6 is 0 Å². The molecule has 0 amide bonds. The first-order valence-corrected chi connectivity index (χ1v) is 8.52. The number of hydrogen-bond donors (Lipinski definition) is 4. The molecule has 6 atom stereocenters. The maximum absolute atomic E-state index is 10.5. The Morgan fingerprint density at radius 1 is 1.35 bits per heavy atom. The topological polar surface area (TPSA) is 98.0 Å². The molecule has 2 aliphatic rings. The van der Waals surface area contributed by atoms with E-state index in [1.165, 1.54) is 5.57 Å². The zero-order valence-electron chi connectivity index (χ0n) is 13.6. The average Bonchev–Trinajstić information content (AvgIpc) is 2.45. The highest BCUT2D eigenvalue weighted by molar-refractivity contribution is 5.67. The van der Waals surface area contributed by atoms with Crippen molar-refractivity contribution in [3.05, 3.63) is 23.8 Å². The van der Waals surface area contributed by atoms with Crippen molar-refractivity contribution >= 4 is 5.97 Å². The quantitative estimate of drug-likeness (QED) is 0.573. The van der Waals surface area contributed by atoms with Gasteiger partial charge in [-0.3, -0.25) is 4.79 Å². The Labute approximate surface area is 137 Å². The number of aliphatic hydroxyl groups is 3. The average molecular weight is 324 g/mol. The van der Waals surface area contributed by atoms with Gasteiger partial charge in [-0.15, -0.1) is 0 Å². The molecule has 0 saturated carbocycles. The summed E-state index contributed by atoms with van der Waals surface area (Å²) in [5, 5.41) is 38.7. The van der Waals surface area contributed by atoms with E-state index in [0.29, 0.717) is 12.3 Å². The predicted octanol–water partition coefficient (Wildman–Crippen LogP) is 1.87. The fourth-order valence-electron chi connectivity index (χ4n) is 3.95.